The Labute approximate surface area is 110 Å². The lowest BCUT2D eigenvalue weighted by atomic mass is 10.1. The van der Waals surface area contributed by atoms with E-state index in [1.165, 1.54) is 12.1 Å². The van der Waals surface area contributed by atoms with Crippen molar-refractivity contribution in [2.24, 2.45) is 5.92 Å². The highest BCUT2D eigenvalue weighted by atomic mass is 35.5. The van der Waals surface area contributed by atoms with Crippen molar-refractivity contribution >= 4 is 11.6 Å². The van der Waals surface area contributed by atoms with Crippen molar-refractivity contribution in [1.29, 1.82) is 0 Å². The van der Waals surface area contributed by atoms with E-state index in [1.54, 1.807) is 0 Å². The molecule has 1 unspecified atom stereocenters. The SMILES string of the molecule is CC(CCCl)CNCc1ccc(C(F)(F)F)cc1. The van der Waals surface area contributed by atoms with Crippen LogP contribution in [-0.2, 0) is 12.7 Å². The van der Waals surface area contributed by atoms with Gasteiger partial charge in [0.05, 0.1) is 5.56 Å². The first-order valence-electron chi connectivity index (χ1n) is 5.86. The molecule has 1 aromatic rings. The standard InChI is InChI=1S/C13H17ClF3N/c1-10(6-7-14)8-18-9-11-2-4-12(5-3-11)13(15,16)17/h2-5,10,18H,6-9H2,1H3. The second-order valence-corrected chi connectivity index (χ2v) is 4.79. The fraction of sp³-hybridized carbons (Fsp3) is 0.538. The van der Waals surface area contributed by atoms with Gasteiger partial charge in [0, 0.05) is 12.4 Å². The Hall–Kier alpha value is -0.740. The van der Waals surface area contributed by atoms with E-state index in [9.17, 15) is 13.2 Å². The topological polar surface area (TPSA) is 12.0 Å². The number of hydrogen-bond acceptors (Lipinski definition) is 1. The number of nitrogens with one attached hydrogen (secondary N) is 1. The van der Waals surface area contributed by atoms with Gasteiger partial charge in [0.15, 0.2) is 0 Å². The first-order valence-corrected chi connectivity index (χ1v) is 6.39. The lowest BCUT2D eigenvalue weighted by Crippen LogP contribution is -2.21. The van der Waals surface area contributed by atoms with Crippen LogP contribution >= 0.6 is 11.6 Å². The Bertz CT molecular complexity index is 348. The molecule has 0 fully saturated rings. The monoisotopic (exact) mass is 279 g/mol. The second kappa shape index (κ2) is 7.00. The van der Waals surface area contributed by atoms with E-state index in [-0.39, 0.29) is 0 Å². The normalized spacial score (nSPS) is 13.6. The van der Waals surface area contributed by atoms with Crippen molar-refractivity contribution in [3.63, 3.8) is 0 Å². The number of alkyl halides is 4. The molecule has 0 saturated heterocycles. The molecule has 0 radical (unpaired) electrons. The van der Waals surface area contributed by atoms with Crippen LogP contribution in [0.1, 0.15) is 24.5 Å². The van der Waals surface area contributed by atoms with Gasteiger partial charge in [-0.3, -0.25) is 0 Å². The highest BCUT2D eigenvalue weighted by Gasteiger charge is 2.29. The van der Waals surface area contributed by atoms with Crippen LogP contribution in [0.25, 0.3) is 0 Å². The molecule has 1 nitrogen and oxygen atoms in total. The molecule has 0 aliphatic carbocycles. The molecule has 1 N–H and O–H groups in total. The van der Waals surface area contributed by atoms with Crippen molar-refractivity contribution in [3.8, 4) is 0 Å². The summed E-state index contributed by atoms with van der Waals surface area (Å²) in [5, 5.41) is 3.20. The number of halogens is 4. The third-order valence-electron chi connectivity index (χ3n) is 2.71. The Morgan fingerprint density at radius 3 is 2.33 bits per heavy atom. The number of hydrogen-bond donors (Lipinski definition) is 1. The van der Waals surface area contributed by atoms with Crippen LogP contribution in [0.5, 0.6) is 0 Å². The molecule has 0 aromatic heterocycles. The summed E-state index contributed by atoms with van der Waals surface area (Å²) in [6.45, 7) is 3.47. The van der Waals surface area contributed by atoms with Gasteiger partial charge in [-0.1, -0.05) is 19.1 Å². The minimum Gasteiger partial charge on any atom is -0.312 e. The Morgan fingerprint density at radius 1 is 1.22 bits per heavy atom. The second-order valence-electron chi connectivity index (χ2n) is 4.41. The van der Waals surface area contributed by atoms with Crippen LogP contribution in [0.4, 0.5) is 13.2 Å². The third kappa shape index (κ3) is 5.27. The number of benzene rings is 1. The first kappa shape index (κ1) is 15.3. The maximum atomic E-state index is 12.3. The summed E-state index contributed by atoms with van der Waals surface area (Å²) in [6.07, 6.45) is -3.33. The van der Waals surface area contributed by atoms with E-state index < -0.39 is 11.7 Å². The van der Waals surface area contributed by atoms with Crippen molar-refractivity contribution in [2.75, 3.05) is 12.4 Å². The van der Waals surface area contributed by atoms with Gasteiger partial charge < -0.3 is 5.32 Å². The van der Waals surface area contributed by atoms with Crippen molar-refractivity contribution in [3.05, 3.63) is 35.4 Å². The molecule has 0 spiro atoms. The Morgan fingerprint density at radius 2 is 1.83 bits per heavy atom. The van der Waals surface area contributed by atoms with Gasteiger partial charge in [-0.25, -0.2) is 0 Å². The molecule has 0 saturated carbocycles. The van der Waals surface area contributed by atoms with Crippen LogP contribution < -0.4 is 5.32 Å². The summed E-state index contributed by atoms with van der Waals surface area (Å²) < 4.78 is 37.0. The van der Waals surface area contributed by atoms with Gasteiger partial charge in [0.25, 0.3) is 0 Å². The molecular formula is C13H17ClF3N. The van der Waals surface area contributed by atoms with Gasteiger partial charge in [-0.2, -0.15) is 13.2 Å². The molecule has 102 valence electrons. The van der Waals surface area contributed by atoms with E-state index in [0.29, 0.717) is 18.3 Å². The summed E-state index contributed by atoms with van der Waals surface area (Å²) in [5.74, 6) is 1.10. The summed E-state index contributed by atoms with van der Waals surface area (Å²) >= 11 is 5.62. The molecule has 5 heteroatoms. The first-order chi connectivity index (χ1) is 8.43. The van der Waals surface area contributed by atoms with E-state index in [4.69, 9.17) is 11.6 Å². The third-order valence-corrected chi connectivity index (χ3v) is 2.92. The molecule has 0 heterocycles. The van der Waals surface area contributed by atoms with E-state index in [2.05, 4.69) is 12.2 Å². The van der Waals surface area contributed by atoms with Crippen LogP contribution in [0.2, 0.25) is 0 Å². The van der Waals surface area contributed by atoms with Crippen LogP contribution in [-0.4, -0.2) is 12.4 Å². The molecular weight excluding hydrogens is 263 g/mol. The highest BCUT2D eigenvalue weighted by Crippen LogP contribution is 2.28. The van der Waals surface area contributed by atoms with Gasteiger partial charge in [-0.15, -0.1) is 11.6 Å². The van der Waals surface area contributed by atoms with Gasteiger partial charge in [-0.05, 0) is 36.6 Å². The van der Waals surface area contributed by atoms with Gasteiger partial charge >= 0.3 is 6.18 Å². The van der Waals surface area contributed by atoms with Crippen molar-refractivity contribution in [2.45, 2.75) is 26.1 Å². The predicted molar refractivity (Wildman–Crippen MR) is 67.7 cm³/mol. The molecule has 18 heavy (non-hydrogen) atoms. The molecule has 0 aliphatic rings. The summed E-state index contributed by atoms with van der Waals surface area (Å²) in [4.78, 5) is 0. The van der Waals surface area contributed by atoms with Crippen molar-refractivity contribution < 1.29 is 13.2 Å². The highest BCUT2D eigenvalue weighted by molar-refractivity contribution is 6.17. The minimum absolute atomic E-state index is 0.469. The maximum absolute atomic E-state index is 12.3. The predicted octanol–water partition coefficient (Wildman–Crippen LogP) is 4.06. The smallest absolute Gasteiger partial charge is 0.312 e. The number of rotatable bonds is 6. The van der Waals surface area contributed by atoms with Crippen LogP contribution in [0, 0.1) is 5.92 Å². The van der Waals surface area contributed by atoms with Crippen molar-refractivity contribution in [1.82, 2.24) is 5.32 Å². The molecule has 0 aliphatic heterocycles. The Kier molecular flexibility index (Phi) is 5.96. The minimum atomic E-state index is -4.26. The molecule has 1 atom stereocenters. The summed E-state index contributed by atoms with van der Waals surface area (Å²) in [5.41, 5.74) is 0.239. The fourth-order valence-electron chi connectivity index (χ4n) is 1.56. The molecule has 1 rings (SSSR count). The summed E-state index contributed by atoms with van der Waals surface area (Å²) in [6, 6.07) is 5.22. The van der Waals surface area contributed by atoms with E-state index >= 15 is 0 Å². The molecule has 0 amide bonds. The average molecular weight is 280 g/mol. The lowest BCUT2D eigenvalue weighted by molar-refractivity contribution is -0.137. The van der Waals surface area contributed by atoms with Gasteiger partial charge in [0.2, 0.25) is 0 Å². The zero-order chi connectivity index (χ0) is 13.6. The van der Waals surface area contributed by atoms with E-state index in [0.717, 1.165) is 30.7 Å². The van der Waals surface area contributed by atoms with Gasteiger partial charge in [0.1, 0.15) is 0 Å². The fourth-order valence-corrected chi connectivity index (χ4v) is 1.94. The quantitative estimate of drug-likeness (QED) is 0.775. The zero-order valence-electron chi connectivity index (χ0n) is 10.2. The van der Waals surface area contributed by atoms with E-state index in [1.807, 2.05) is 0 Å². The molecule has 0 bridgehead atoms. The lowest BCUT2D eigenvalue weighted by Gasteiger charge is -2.11. The molecule has 1 aromatic carbocycles. The van der Waals surface area contributed by atoms with Crippen LogP contribution in [0.3, 0.4) is 0 Å². The summed E-state index contributed by atoms with van der Waals surface area (Å²) in [7, 11) is 0. The maximum Gasteiger partial charge on any atom is 0.416 e. The zero-order valence-corrected chi connectivity index (χ0v) is 11.0. The largest absolute Gasteiger partial charge is 0.416 e. The average Bonchev–Trinajstić information content (AvgIpc) is 2.29. The Balaban J connectivity index is 2.40. The van der Waals surface area contributed by atoms with Crippen LogP contribution in [0.15, 0.2) is 24.3 Å².